The highest BCUT2D eigenvalue weighted by atomic mass is 32.1. The summed E-state index contributed by atoms with van der Waals surface area (Å²) in [6.07, 6.45) is 2.69. The van der Waals surface area contributed by atoms with Crippen LogP contribution >= 0.6 is 11.3 Å². The monoisotopic (exact) mass is 296 g/mol. The standard InChI is InChI=1S/C11H12N4O4S/c1-11(9(16)17)3-2-4-14(11)7-8(15(18)19)13-5-6-20-10(13)12-7/h5-6H,2-4H2,1H3,(H,16,17). The van der Waals surface area contributed by atoms with Crippen molar-refractivity contribution >= 4 is 33.9 Å². The van der Waals surface area contributed by atoms with Crippen molar-refractivity contribution in [1.82, 2.24) is 9.38 Å². The Bertz CT molecular complexity index is 708. The Balaban J connectivity index is 2.19. The minimum Gasteiger partial charge on any atom is -0.480 e. The zero-order valence-corrected chi connectivity index (χ0v) is 11.5. The fraction of sp³-hybridized carbons (Fsp3) is 0.455. The Morgan fingerprint density at radius 1 is 1.65 bits per heavy atom. The third-order valence-electron chi connectivity index (χ3n) is 3.75. The molecule has 3 rings (SSSR count). The lowest BCUT2D eigenvalue weighted by molar-refractivity contribution is -0.389. The fourth-order valence-electron chi connectivity index (χ4n) is 2.64. The van der Waals surface area contributed by atoms with Crippen molar-refractivity contribution in [3.8, 4) is 0 Å². The molecule has 8 nitrogen and oxygen atoms in total. The summed E-state index contributed by atoms with van der Waals surface area (Å²) in [6, 6.07) is 0. The average molecular weight is 296 g/mol. The molecule has 1 unspecified atom stereocenters. The van der Waals surface area contributed by atoms with E-state index in [4.69, 9.17) is 0 Å². The molecule has 20 heavy (non-hydrogen) atoms. The molecule has 9 heteroatoms. The normalized spacial score (nSPS) is 22.6. The van der Waals surface area contributed by atoms with Gasteiger partial charge in [-0.05, 0) is 24.7 Å². The fourth-order valence-corrected chi connectivity index (χ4v) is 3.34. The second-order valence-electron chi connectivity index (χ2n) is 4.91. The van der Waals surface area contributed by atoms with E-state index in [0.29, 0.717) is 24.3 Å². The molecule has 0 amide bonds. The number of hydrogen-bond donors (Lipinski definition) is 1. The number of fused-ring (bicyclic) bond motifs is 1. The second kappa shape index (κ2) is 4.17. The maximum Gasteiger partial charge on any atom is 0.373 e. The summed E-state index contributed by atoms with van der Waals surface area (Å²) in [4.78, 5) is 28.6. The molecule has 0 aliphatic carbocycles. The lowest BCUT2D eigenvalue weighted by Gasteiger charge is -2.30. The van der Waals surface area contributed by atoms with Gasteiger partial charge in [0, 0.05) is 11.9 Å². The number of carboxylic acid groups (broad SMARTS) is 1. The maximum atomic E-state index is 11.5. The predicted molar refractivity (Wildman–Crippen MR) is 72.3 cm³/mol. The number of thiazole rings is 1. The number of carboxylic acids is 1. The van der Waals surface area contributed by atoms with Crippen LogP contribution in [0.5, 0.6) is 0 Å². The van der Waals surface area contributed by atoms with Gasteiger partial charge in [0.2, 0.25) is 5.82 Å². The van der Waals surface area contributed by atoms with Gasteiger partial charge in [0.1, 0.15) is 11.7 Å². The van der Waals surface area contributed by atoms with E-state index in [9.17, 15) is 20.0 Å². The van der Waals surface area contributed by atoms with E-state index in [1.165, 1.54) is 20.6 Å². The van der Waals surface area contributed by atoms with Gasteiger partial charge in [-0.1, -0.05) is 11.3 Å². The maximum absolute atomic E-state index is 11.5. The van der Waals surface area contributed by atoms with Crippen LogP contribution in [0, 0.1) is 10.1 Å². The molecular formula is C11H12N4O4S. The molecule has 1 aliphatic heterocycles. The van der Waals surface area contributed by atoms with E-state index in [0.717, 1.165) is 0 Å². The van der Waals surface area contributed by atoms with Crippen LogP contribution in [0.3, 0.4) is 0 Å². The topological polar surface area (TPSA) is 101 Å². The van der Waals surface area contributed by atoms with Crippen molar-refractivity contribution < 1.29 is 14.8 Å². The van der Waals surface area contributed by atoms with E-state index in [1.54, 1.807) is 18.5 Å². The summed E-state index contributed by atoms with van der Waals surface area (Å²) in [5, 5.41) is 22.4. The third-order valence-corrected chi connectivity index (χ3v) is 4.51. The molecule has 106 valence electrons. The van der Waals surface area contributed by atoms with Gasteiger partial charge in [0.25, 0.3) is 4.96 Å². The van der Waals surface area contributed by atoms with Crippen LogP contribution in [0.25, 0.3) is 4.96 Å². The summed E-state index contributed by atoms with van der Waals surface area (Å²) in [5.74, 6) is -1.01. The average Bonchev–Trinajstić information content (AvgIpc) is 3.00. The molecule has 0 aromatic carbocycles. The van der Waals surface area contributed by atoms with E-state index in [2.05, 4.69) is 4.98 Å². The van der Waals surface area contributed by atoms with Crippen LogP contribution in [0.15, 0.2) is 11.6 Å². The Morgan fingerprint density at radius 3 is 3.05 bits per heavy atom. The van der Waals surface area contributed by atoms with Crippen LogP contribution in [-0.4, -0.2) is 37.5 Å². The highest BCUT2D eigenvalue weighted by Gasteiger charge is 2.47. The van der Waals surface area contributed by atoms with Gasteiger partial charge >= 0.3 is 11.8 Å². The Morgan fingerprint density at radius 2 is 2.40 bits per heavy atom. The molecule has 3 heterocycles. The first-order chi connectivity index (χ1) is 9.45. The number of carbonyl (C=O) groups is 1. The number of nitro groups is 1. The smallest absolute Gasteiger partial charge is 0.373 e. The molecule has 0 saturated carbocycles. The van der Waals surface area contributed by atoms with E-state index in [-0.39, 0.29) is 11.6 Å². The lowest BCUT2D eigenvalue weighted by atomic mass is 9.99. The van der Waals surface area contributed by atoms with Gasteiger partial charge in [-0.25, -0.2) is 4.79 Å². The van der Waals surface area contributed by atoms with Crippen molar-refractivity contribution in [1.29, 1.82) is 0 Å². The van der Waals surface area contributed by atoms with Crippen molar-refractivity contribution in [2.75, 3.05) is 11.4 Å². The van der Waals surface area contributed by atoms with Crippen LogP contribution in [0.2, 0.25) is 0 Å². The Kier molecular flexibility index (Phi) is 2.68. The molecule has 1 saturated heterocycles. The number of hydrogen-bond acceptors (Lipinski definition) is 6. The highest BCUT2D eigenvalue weighted by Crippen LogP contribution is 2.39. The first-order valence-corrected chi connectivity index (χ1v) is 6.94. The summed E-state index contributed by atoms with van der Waals surface area (Å²) in [6.45, 7) is 2.04. The number of anilines is 1. The highest BCUT2D eigenvalue weighted by molar-refractivity contribution is 7.15. The minimum absolute atomic E-state index is 0.143. The Labute approximate surface area is 117 Å². The molecule has 1 N–H and O–H groups in total. The number of aliphatic carboxylic acids is 1. The van der Waals surface area contributed by atoms with Crippen LogP contribution < -0.4 is 4.90 Å². The SMILES string of the molecule is CC1(C(=O)O)CCCN1c1nc2sccn2c1[N+](=O)[O-]. The molecule has 1 aliphatic rings. The lowest BCUT2D eigenvalue weighted by Crippen LogP contribution is -2.48. The second-order valence-corrected chi connectivity index (χ2v) is 5.78. The zero-order chi connectivity index (χ0) is 14.5. The van der Waals surface area contributed by atoms with Crippen molar-refractivity contribution in [2.45, 2.75) is 25.3 Å². The molecule has 0 radical (unpaired) electrons. The molecule has 2 aromatic rings. The summed E-state index contributed by atoms with van der Waals surface area (Å²) in [5.41, 5.74) is -1.14. The van der Waals surface area contributed by atoms with Gasteiger partial charge in [0.05, 0.1) is 0 Å². The van der Waals surface area contributed by atoms with Gasteiger partial charge < -0.3 is 20.1 Å². The quantitative estimate of drug-likeness (QED) is 0.684. The van der Waals surface area contributed by atoms with Gasteiger partial charge in [0.15, 0.2) is 0 Å². The van der Waals surface area contributed by atoms with E-state index in [1.807, 2.05) is 0 Å². The first kappa shape index (κ1) is 12.9. The first-order valence-electron chi connectivity index (χ1n) is 6.06. The number of rotatable bonds is 3. The third kappa shape index (κ3) is 1.59. The van der Waals surface area contributed by atoms with Gasteiger partial charge in [-0.2, -0.15) is 9.38 Å². The summed E-state index contributed by atoms with van der Waals surface area (Å²) < 4.78 is 1.39. The van der Waals surface area contributed by atoms with Crippen LogP contribution in [0.1, 0.15) is 19.8 Å². The van der Waals surface area contributed by atoms with Crippen LogP contribution in [0.4, 0.5) is 11.6 Å². The summed E-state index contributed by atoms with van der Waals surface area (Å²) in [7, 11) is 0. The minimum atomic E-state index is -1.14. The zero-order valence-electron chi connectivity index (χ0n) is 10.6. The van der Waals surface area contributed by atoms with Gasteiger partial charge in [-0.3, -0.25) is 0 Å². The molecule has 1 atom stereocenters. The van der Waals surface area contributed by atoms with E-state index < -0.39 is 16.4 Å². The molecule has 1 fully saturated rings. The molecule has 2 aromatic heterocycles. The molecular weight excluding hydrogens is 284 g/mol. The predicted octanol–water partition coefficient (Wildman–Crippen LogP) is 1.75. The van der Waals surface area contributed by atoms with Gasteiger partial charge in [-0.15, -0.1) is 0 Å². The summed E-state index contributed by atoms with van der Waals surface area (Å²) >= 11 is 1.28. The Hall–Kier alpha value is -2.16. The molecule has 0 bridgehead atoms. The number of aromatic nitrogens is 2. The molecule has 0 spiro atoms. The van der Waals surface area contributed by atoms with E-state index >= 15 is 0 Å². The van der Waals surface area contributed by atoms with Crippen molar-refractivity contribution in [3.05, 3.63) is 21.7 Å². The largest absolute Gasteiger partial charge is 0.480 e. The van der Waals surface area contributed by atoms with Crippen LogP contribution in [-0.2, 0) is 4.79 Å². The van der Waals surface area contributed by atoms with Crippen molar-refractivity contribution in [2.24, 2.45) is 0 Å². The van der Waals surface area contributed by atoms with Crippen molar-refractivity contribution in [3.63, 3.8) is 0 Å². The number of nitrogens with zero attached hydrogens (tertiary/aromatic N) is 4. The number of imidazole rings is 1.